The van der Waals surface area contributed by atoms with Gasteiger partial charge in [-0.25, -0.2) is 9.97 Å². The summed E-state index contributed by atoms with van der Waals surface area (Å²) in [4.78, 5) is 19.3. The molecule has 88 valence electrons. The molecule has 1 aromatic rings. The zero-order valence-electron chi connectivity index (χ0n) is 9.14. The molecule has 1 aromatic heterocycles. The Hall–Kier alpha value is -0.910. The molecule has 0 aliphatic heterocycles. The molecule has 1 rings (SSSR count). The van der Waals surface area contributed by atoms with Crippen LogP contribution in [0.3, 0.4) is 0 Å². The van der Waals surface area contributed by atoms with Crippen LogP contribution in [-0.4, -0.2) is 28.5 Å². The molecule has 0 spiro atoms. The van der Waals surface area contributed by atoms with Gasteiger partial charge < -0.3 is 10.6 Å². The van der Waals surface area contributed by atoms with Crippen molar-refractivity contribution in [2.45, 2.75) is 19.4 Å². The molecule has 0 saturated heterocycles. The molecule has 2 N–H and O–H groups in total. The molecule has 0 unspecified atom stereocenters. The molecule has 0 saturated carbocycles. The maximum atomic E-state index is 11.8. The summed E-state index contributed by atoms with van der Waals surface area (Å²) in [6.07, 6.45) is 0. The van der Waals surface area contributed by atoms with Crippen LogP contribution < -0.4 is 10.6 Å². The topological polar surface area (TPSA) is 66.9 Å². The zero-order valence-corrected chi connectivity index (χ0v) is 10.6. The summed E-state index contributed by atoms with van der Waals surface area (Å²) in [6.45, 7) is 3.49. The summed E-state index contributed by atoms with van der Waals surface area (Å²) in [5, 5.41) is 5.63. The van der Waals surface area contributed by atoms with Gasteiger partial charge in [-0.2, -0.15) is 0 Å². The lowest BCUT2D eigenvalue weighted by Crippen LogP contribution is -2.48. The quantitative estimate of drug-likeness (QED) is 0.643. The Morgan fingerprint density at radius 2 is 2.00 bits per heavy atom. The molecule has 0 bridgehead atoms. The molecule has 1 amide bonds. The van der Waals surface area contributed by atoms with Crippen molar-refractivity contribution in [3.8, 4) is 0 Å². The van der Waals surface area contributed by atoms with E-state index in [1.807, 2.05) is 0 Å². The van der Waals surface area contributed by atoms with Crippen LogP contribution in [0.1, 0.15) is 13.8 Å². The first kappa shape index (κ1) is 13.2. The molecule has 0 fully saturated rings. The van der Waals surface area contributed by atoms with E-state index in [2.05, 4.69) is 20.6 Å². The van der Waals surface area contributed by atoms with Crippen molar-refractivity contribution in [1.82, 2.24) is 15.3 Å². The second kappa shape index (κ2) is 4.95. The SMILES string of the molecule is CNC(C)(C)C(=O)Nc1cc(Cl)nc(Cl)n1. The number of aromatic nitrogens is 2. The molecule has 0 radical (unpaired) electrons. The van der Waals surface area contributed by atoms with E-state index < -0.39 is 5.54 Å². The van der Waals surface area contributed by atoms with E-state index in [-0.39, 0.29) is 22.2 Å². The highest BCUT2D eigenvalue weighted by Crippen LogP contribution is 2.15. The Balaban J connectivity index is 2.85. The summed E-state index contributed by atoms with van der Waals surface area (Å²) >= 11 is 11.3. The second-order valence-corrected chi connectivity index (χ2v) is 4.40. The number of amides is 1. The number of nitrogens with zero attached hydrogens (tertiary/aromatic N) is 2. The van der Waals surface area contributed by atoms with E-state index in [1.54, 1.807) is 20.9 Å². The number of likely N-dealkylation sites (N-methyl/N-ethyl adjacent to an activating group) is 1. The molecule has 16 heavy (non-hydrogen) atoms. The normalized spacial score (nSPS) is 11.3. The van der Waals surface area contributed by atoms with Gasteiger partial charge in [0.1, 0.15) is 11.0 Å². The maximum absolute atomic E-state index is 11.8. The third-order valence-electron chi connectivity index (χ3n) is 2.10. The van der Waals surface area contributed by atoms with Crippen molar-refractivity contribution in [1.29, 1.82) is 0 Å². The molecule has 0 aliphatic carbocycles. The molecule has 7 heteroatoms. The first-order valence-electron chi connectivity index (χ1n) is 4.55. The molecular weight excluding hydrogens is 251 g/mol. The first-order chi connectivity index (χ1) is 7.35. The molecule has 0 aliphatic rings. The number of anilines is 1. The van der Waals surface area contributed by atoms with Crippen LogP contribution in [0.25, 0.3) is 0 Å². The predicted molar refractivity (Wildman–Crippen MR) is 63.8 cm³/mol. The highest BCUT2D eigenvalue weighted by molar-refractivity contribution is 6.32. The average Bonchev–Trinajstić information content (AvgIpc) is 2.15. The van der Waals surface area contributed by atoms with Crippen molar-refractivity contribution >= 4 is 34.9 Å². The van der Waals surface area contributed by atoms with Gasteiger partial charge in [0.15, 0.2) is 0 Å². The first-order valence-corrected chi connectivity index (χ1v) is 5.31. The third-order valence-corrected chi connectivity index (χ3v) is 2.46. The largest absolute Gasteiger partial charge is 0.309 e. The van der Waals surface area contributed by atoms with Crippen molar-refractivity contribution in [2.24, 2.45) is 0 Å². The van der Waals surface area contributed by atoms with Gasteiger partial charge in [-0.1, -0.05) is 11.6 Å². The van der Waals surface area contributed by atoms with Crippen molar-refractivity contribution in [2.75, 3.05) is 12.4 Å². The highest BCUT2D eigenvalue weighted by atomic mass is 35.5. The number of carbonyl (C=O) groups excluding carboxylic acids is 1. The standard InChI is InChI=1S/C9H12Cl2N4O/c1-9(2,12-3)7(16)14-6-4-5(10)13-8(11)15-6/h4,12H,1-3H3,(H,13,14,15,16). The maximum Gasteiger partial charge on any atom is 0.245 e. The second-order valence-electron chi connectivity index (χ2n) is 3.67. The Bertz CT molecular complexity index is 388. The van der Waals surface area contributed by atoms with Gasteiger partial charge in [0.25, 0.3) is 0 Å². The summed E-state index contributed by atoms with van der Waals surface area (Å²) in [5.41, 5.74) is -0.704. The van der Waals surface area contributed by atoms with E-state index in [9.17, 15) is 4.79 Å². The number of hydrogen-bond acceptors (Lipinski definition) is 4. The van der Waals surface area contributed by atoms with Crippen LogP contribution in [0.2, 0.25) is 10.4 Å². The summed E-state index contributed by atoms with van der Waals surface area (Å²) in [5.74, 6) is 0.0409. The molecular formula is C9H12Cl2N4O. The van der Waals surface area contributed by atoms with Gasteiger partial charge >= 0.3 is 0 Å². The summed E-state index contributed by atoms with van der Waals surface area (Å²) < 4.78 is 0. The van der Waals surface area contributed by atoms with Gasteiger partial charge in [-0.05, 0) is 32.5 Å². The lowest BCUT2D eigenvalue weighted by molar-refractivity contribution is -0.121. The average molecular weight is 263 g/mol. The van der Waals surface area contributed by atoms with Gasteiger partial charge in [-0.15, -0.1) is 0 Å². The monoisotopic (exact) mass is 262 g/mol. The number of nitrogens with one attached hydrogen (secondary N) is 2. The fraction of sp³-hybridized carbons (Fsp3) is 0.444. The lowest BCUT2D eigenvalue weighted by atomic mass is 10.1. The number of hydrogen-bond donors (Lipinski definition) is 2. The number of halogens is 2. The molecule has 1 heterocycles. The van der Waals surface area contributed by atoms with Crippen LogP contribution in [-0.2, 0) is 4.79 Å². The van der Waals surface area contributed by atoms with E-state index in [1.165, 1.54) is 6.07 Å². The van der Waals surface area contributed by atoms with E-state index >= 15 is 0 Å². The highest BCUT2D eigenvalue weighted by Gasteiger charge is 2.25. The molecule has 5 nitrogen and oxygen atoms in total. The third kappa shape index (κ3) is 3.30. The lowest BCUT2D eigenvalue weighted by Gasteiger charge is -2.22. The van der Waals surface area contributed by atoms with Crippen LogP contribution in [0.5, 0.6) is 0 Å². The van der Waals surface area contributed by atoms with Crippen molar-refractivity contribution in [3.63, 3.8) is 0 Å². The Morgan fingerprint density at radius 3 is 2.50 bits per heavy atom. The van der Waals surface area contributed by atoms with Crippen LogP contribution in [0, 0.1) is 0 Å². The van der Waals surface area contributed by atoms with Crippen LogP contribution in [0.15, 0.2) is 6.07 Å². The predicted octanol–water partition coefficient (Wildman–Crippen LogP) is 1.72. The Labute approximate surface area is 104 Å². The number of rotatable bonds is 3. The van der Waals surface area contributed by atoms with Gasteiger partial charge in [0.2, 0.25) is 11.2 Å². The molecule has 0 atom stereocenters. The number of carbonyl (C=O) groups is 1. The van der Waals surface area contributed by atoms with Gasteiger partial charge in [0.05, 0.1) is 5.54 Å². The smallest absolute Gasteiger partial charge is 0.245 e. The van der Waals surface area contributed by atoms with Crippen LogP contribution in [0.4, 0.5) is 5.82 Å². The zero-order chi connectivity index (χ0) is 12.3. The minimum absolute atomic E-state index is 0.00920. The fourth-order valence-electron chi connectivity index (χ4n) is 0.840. The van der Waals surface area contributed by atoms with Crippen molar-refractivity contribution in [3.05, 3.63) is 16.5 Å². The summed E-state index contributed by atoms with van der Waals surface area (Å²) in [7, 11) is 1.69. The van der Waals surface area contributed by atoms with Crippen LogP contribution >= 0.6 is 23.2 Å². The minimum Gasteiger partial charge on any atom is -0.309 e. The Kier molecular flexibility index (Phi) is 4.07. The Morgan fingerprint density at radius 1 is 1.38 bits per heavy atom. The van der Waals surface area contributed by atoms with E-state index in [4.69, 9.17) is 23.2 Å². The van der Waals surface area contributed by atoms with Gasteiger partial charge in [-0.3, -0.25) is 4.79 Å². The van der Waals surface area contributed by atoms with Crippen molar-refractivity contribution < 1.29 is 4.79 Å². The fourth-order valence-corrected chi connectivity index (χ4v) is 1.25. The van der Waals surface area contributed by atoms with E-state index in [0.717, 1.165) is 0 Å². The summed E-state index contributed by atoms with van der Waals surface area (Å²) in [6, 6.07) is 1.43. The minimum atomic E-state index is -0.704. The molecule has 0 aromatic carbocycles. The van der Waals surface area contributed by atoms with Gasteiger partial charge in [0, 0.05) is 6.07 Å². The van der Waals surface area contributed by atoms with E-state index in [0.29, 0.717) is 0 Å².